The van der Waals surface area contributed by atoms with Crippen molar-refractivity contribution in [2.45, 2.75) is 46.6 Å². The maximum Gasteiger partial charge on any atom is 0.324 e. The molecule has 1 rings (SSSR count). The lowest BCUT2D eigenvalue weighted by Gasteiger charge is -2.30. The molecular formula is C12H20O4. The van der Waals surface area contributed by atoms with Crippen LogP contribution in [0.15, 0.2) is 0 Å². The van der Waals surface area contributed by atoms with E-state index >= 15 is 0 Å². The van der Waals surface area contributed by atoms with Crippen LogP contribution >= 0.6 is 0 Å². The first-order chi connectivity index (χ1) is 7.20. The highest BCUT2D eigenvalue weighted by Gasteiger charge is 2.55. The molecule has 1 heterocycles. The Balaban J connectivity index is 2.95. The van der Waals surface area contributed by atoms with E-state index in [9.17, 15) is 9.59 Å². The zero-order valence-corrected chi connectivity index (χ0v) is 10.6. The molecular weight excluding hydrogens is 208 g/mol. The minimum absolute atomic E-state index is 0.114. The van der Waals surface area contributed by atoms with Crippen LogP contribution in [0.5, 0.6) is 0 Å². The van der Waals surface area contributed by atoms with Crippen molar-refractivity contribution in [2.24, 2.45) is 11.3 Å². The van der Waals surface area contributed by atoms with Gasteiger partial charge in [-0.05, 0) is 26.7 Å². The van der Waals surface area contributed by atoms with Crippen LogP contribution in [0.3, 0.4) is 0 Å². The number of carbonyl (C=O) groups is 2. The SMILES string of the molecule is CC(C)[C@]1(C(=O)OC(C)(C)C)CCOC1=O. The van der Waals surface area contributed by atoms with Gasteiger partial charge in [-0.25, -0.2) is 0 Å². The summed E-state index contributed by atoms with van der Waals surface area (Å²) in [6.07, 6.45) is 0.415. The largest absolute Gasteiger partial charge is 0.465 e. The molecule has 1 aliphatic heterocycles. The van der Waals surface area contributed by atoms with Crippen molar-refractivity contribution in [2.75, 3.05) is 6.61 Å². The fraction of sp³-hybridized carbons (Fsp3) is 0.833. The van der Waals surface area contributed by atoms with Gasteiger partial charge in [0.05, 0.1) is 6.61 Å². The summed E-state index contributed by atoms with van der Waals surface area (Å²) >= 11 is 0. The van der Waals surface area contributed by atoms with Gasteiger partial charge in [0, 0.05) is 6.42 Å². The van der Waals surface area contributed by atoms with E-state index in [0.29, 0.717) is 13.0 Å². The van der Waals surface area contributed by atoms with Gasteiger partial charge in [-0.2, -0.15) is 0 Å². The minimum Gasteiger partial charge on any atom is -0.465 e. The molecule has 0 radical (unpaired) electrons. The van der Waals surface area contributed by atoms with E-state index in [-0.39, 0.29) is 5.92 Å². The molecule has 0 saturated carbocycles. The van der Waals surface area contributed by atoms with Gasteiger partial charge in [-0.15, -0.1) is 0 Å². The molecule has 92 valence electrons. The van der Waals surface area contributed by atoms with Crippen molar-refractivity contribution in [1.29, 1.82) is 0 Å². The maximum absolute atomic E-state index is 12.1. The van der Waals surface area contributed by atoms with Gasteiger partial charge in [0.15, 0.2) is 5.41 Å². The van der Waals surface area contributed by atoms with E-state index in [1.54, 1.807) is 20.8 Å². The van der Waals surface area contributed by atoms with Crippen molar-refractivity contribution in [3.63, 3.8) is 0 Å². The second kappa shape index (κ2) is 4.07. The molecule has 0 spiro atoms. The Kier molecular flexibility index (Phi) is 3.31. The zero-order valence-electron chi connectivity index (χ0n) is 10.6. The van der Waals surface area contributed by atoms with Crippen LogP contribution in [0.2, 0.25) is 0 Å². The fourth-order valence-electron chi connectivity index (χ4n) is 1.85. The lowest BCUT2D eigenvalue weighted by atomic mass is 9.76. The van der Waals surface area contributed by atoms with E-state index in [0.717, 1.165) is 0 Å². The third-order valence-electron chi connectivity index (χ3n) is 2.84. The Labute approximate surface area is 96.3 Å². The van der Waals surface area contributed by atoms with Crippen LogP contribution in [0.4, 0.5) is 0 Å². The summed E-state index contributed by atoms with van der Waals surface area (Å²) in [5.74, 6) is -1.02. The van der Waals surface area contributed by atoms with Gasteiger partial charge in [0.25, 0.3) is 0 Å². The van der Waals surface area contributed by atoms with Gasteiger partial charge >= 0.3 is 11.9 Å². The lowest BCUT2D eigenvalue weighted by Crippen LogP contribution is -2.44. The van der Waals surface area contributed by atoms with Gasteiger partial charge in [-0.3, -0.25) is 9.59 Å². The number of cyclic esters (lactones) is 1. The number of carbonyl (C=O) groups excluding carboxylic acids is 2. The summed E-state index contributed by atoms with van der Waals surface area (Å²) in [6.45, 7) is 9.36. The summed E-state index contributed by atoms with van der Waals surface area (Å²) in [4.78, 5) is 23.9. The van der Waals surface area contributed by atoms with E-state index in [4.69, 9.17) is 9.47 Å². The average molecular weight is 228 g/mol. The van der Waals surface area contributed by atoms with E-state index < -0.39 is 23.0 Å². The molecule has 16 heavy (non-hydrogen) atoms. The molecule has 4 heteroatoms. The molecule has 1 saturated heterocycles. The number of ether oxygens (including phenoxy) is 2. The van der Waals surface area contributed by atoms with Crippen molar-refractivity contribution >= 4 is 11.9 Å². The Hall–Kier alpha value is -1.06. The Morgan fingerprint density at radius 3 is 2.31 bits per heavy atom. The number of hydrogen-bond donors (Lipinski definition) is 0. The highest BCUT2D eigenvalue weighted by Crippen LogP contribution is 2.39. The highest BCUT2D eigenvalue weighted by atomic mass is 16.6. The first-order valence-electron chi connectivity index (χ1n) is 5.61. The van der Waals surface area contributed by atoms with Crippen LogP contribution in [0, 0.1) is 11.3 Å². The second-order valence-electron chi connectivity index (χ2n) is 5.51. The molecule has 1 aliphatic rings. The summed E-state index contributed by atoms with van der Waals surface area (Å²) in [5.41, 5.74) is -1.69. The standard InChI is InChI=1S/C12H20O4/c1-8(2)12(6-7-15-9(12)13)10(14)16-11(3,4)5/h8H,6-7H2,1-5H3/t12-/m1/s1. The van der Waals surface area contributed by atoms with Gasteiger partial charge < -0.3 is 9.47 Å². The predicted molar refractivity (Wildman–Crippen MR) is 58.7 cm³/mol. The van der Waals surface area contributed by atoms with E-state index in [2.05, 4.69) is 0 Å². The van der Waals surface area contributed by atoms with Gasteiger partial charge in [-0.1, -0.05) is 13.8 Å². The number of hydrogen-bond acceptors (Lipinski definition) is 4. The molecule has 1 atom stereocenters. The predicted octanol–water partition coefficient (Wildman–Crippen LogP) is 1.92. The summed E-state index contributed by atoms with van der Waals surface area (Å²) in [6, 6.07) is 0. The molecule has 1 fully saturated rings. The second-order valence-corrected chi connectivity index (χ2v) is 5.51. The maximum atomic E-state index is 12.1. The van der Waals surface area contributed by atoms with Crippen molar-refractivity contribution < 1.29 is 19.1 Å². The Morgan fingerprint density at radius 1 is 1.44 bits per heavy atom. The molecule has 0 N–H and O–H groups in total. The van der Waals surface area contributed by atoms with Crippen molar-refractivity contribution in [3.8, 4) is 0 Å². The van der Waals surface area contributed by atoms with E-state index in [1.807, 2.05) is 13.8 Å². The molecule has 0 aromatic heterocycles. The van der Waals surface area contributed by atoms with Crippen LogP contribution in [0.25, 0.3) is 0 Å². The average Bonchev–Trinajstić information content (AvgIpc) is 2.44. The summed E-state index contributed by atoms with van der Waals surface area (Å²) < 4.78 is 10.2. The summed E-state index contributed by atoms with van der Waals surface area (Å²) in [5, 5.41) is 0. The minimum atomic E-state index is -1.10. The Bertz CT molecular complexity index is 301. The third-order valence-corrected chi connectivity index (χ3v) is 2.84. The third kappa shape index (κ3) is 2.20. The molecule has 0 aromatic rings. The van der Waals surface area contributed by atoms with Crippen molar-refractivity contribution in [1.82, 2.24) is 0 Å². The van der Waals surface area contributed by atoms with Gasteiger partial charge in [0.2, 0.25) is 0 Å². The number of rotatable bonds is 2. The molecule has 0 bridgehead atoms. The lowest BCUT2D eigenvalue weighted by molar-refractivity contribution is -0.176. The topological polar surface area (TPSA) is 52.6 Å². The smallest absolute Gasteiger partial charge is 0.324 e. The van der Waals surface area contributed by atoms with Crippen LogP contribution < -0.4 is 0 Å². The van der Waals surface area contributed by atoms with Gasteiger partial charge in [0.1, 0.15) is 5.60 Å². The summed E-state index contributed by atoms with van der Waals surface area (Å²) in [7, 11) is 0. The van der Waals surface area contributed by atoms with Crippen LogP contribution in [0.1, 0.15) is 41.0 Å². The monoisotopic (exact) mass is 228 g/mol. The molecule has 0 aliphatic carbocycles. The first-order valence-corrected chi connectivity index (χ1v) is 5.61. The fourth-order valence-corrected chi connectivity index (χ4v) is 1.85. The van der Waals surface area contributed by atoms with Crippen LogP contribution in [-0.4, -0.2) is 24.1 Å². The Morgan fingerprint density at radius 2 is 2.00 bits per heavy atom. The molecule has 0 aromatic carbocycles. The molecule has 0 amide bonds. The first kappa shape index (κ1) is 13.0. The van der Waals surface area contributed by atoms with Crippen molar-refractivity contribution in [3.05, 3.63) is 0 Å². The highest BCUT2D eigenvalue weighted by molar-refractivity contribution is 6.01. The molecule has 0 unspecified atom stereocenters. The van der Waals surface area contributed by atoms with Crippen LogP contribution in [-0.2, 0) is 19.1 Å². The quantitative estimate of drug-likeness (QED) is 0.535. The molecule has 4 nitrogen and oxygen atoms in total. The number of esters is 2. The zero-order chi connectivity index (χ0) is 12.6. The van der Waals surface area contributed by atoms with E-state index in [1.165, 1.54) is 0 Å². The normalized spacial score (nSPS) is 25.8.